The Labute approximate surface area is 95.7 Å². The molecule has 0 bridgehead atoms. The fraction of sp³-hybridized carbons (Fsp3) is 0.308. The van der Waals surface area contributed by atoms with Crippen LogP contribution in [0.25, 0.3) is 6.08 Å². The van der Waals surface area contributed by atoms with Gasteiger partial charge in [-0.1, -0.05) is 12.1 Å². The van der Waals surface area contributed by atoms with E-state index in [9.17, 15) is 4.79 Å². The maximum atomic E-state index is 10.9. The number of carbonyl (C=O) groups excluding carboxylic acids is 1. The predicted molar refractivity (Wildman–Crippen MR) is 63.9 cm³/mol. The molecule has 0 aliphatic heterocycles. The number of ketones is 1. The number of ether oxygens (including phenoxy) is 2. The van der Waals surface area contributed by atoms with E-state index in [-0.39, 0.29) is 5.78 Å². The van der Waals surface area contributed by atoms with E-state index in [1.165, 1.54) is 13.0 Å². The van der Waals surface area contributed by atoms with Crippen LogP contribution in [0.1, 0.15) is 19.4 Å². The average Bonchev–Trinajstić information content (AvgIpc) is 2.27. The van der Waals surface area contributed by atoms with E-state index in [4.69, 9.17) is 9.47 Å². The fourth-order valence-electron chi connectivity index (χ4n) is 1.36. The molecule has 0 aliphatic rings. The number of rotatable bonds is 5. The van der Waals surface area contributed by atoms with Crippen molar-refractivity contribution in [3.63, 3.8) is 0 Å². The van der Waals surface area contributed by atoms with Gasteiger partial charge in [-0.25, -0.2) is 0 Å². The Morgan fingerprint density at radius 2 is 2.19 bits per heavy atom. The first-order valence-corrected chi connectivity index (χ1v) is 5.17. The van der Waals surface area contributed by atoms with Crippen molar-refractivity contribution in [2.24, 2.45) is 0 Å². The van der Waals surface area contributed by atoms with Gasteiger partial charge in [-0.2, -0.15) is 0 Å². The maximum Gasteiger partial charge on any atom is 0.167 e. The Morgan fingerprint density at radius 1 is 1.44 bits per heavy atom. The molecule has 3 heteroatoms. The Bertz CT molecular complexity index is 394. The molecular formula is C13H16O3. The maximum absolute atomic E-state index is 10.9. The Kier molecular flexibility index (Phi) is 4.58. The second kappa shape index (κ2) is 5.95. The molecule has 0 heterocycles. The molecule has 0 saturated heterocycles. The van der Waals surface area contributed by atoms with Gasteiger partial charge in [0, 0.05) is 5.56 Å². The van der Waals surface area contributed by atoms with Crippen LogP contribution in [0.15, 0.2) is 24.3 Å². The molecule has 0 radical (unpaired) electrons. The van der Waals surface area contributed by atoms with Gasteiger partial charge in [0.25, 0.3) is 0 Å². The number of allylic oxidation sites excluding steroid dienone is 1. The van der Waals surface area contributed by atoms with E-state index in [1.54, 1.807) is 13.2 Å². The summed E-state index contributed by atoms with van der Waals surface area (Å²) in [5, 5.41) is 0. The van der Waals surface area contributed by atoms with Gasteiger partial charge in [-0.15, -0.1) is 0 Å². The largest absolute Gasteiger partial charge is 0.492 e. The van der Waals surface area contributed by atoms with Gasteiger partial charge in [-0.05, 0) is 32.1 Å². The zero-order valence-corrected chi connectivity index (χ0v) is 9.82. The lowest BCUT2D eigenvalue weighted by Gasteiger charge is -2.11. The van der Waals surface area contributed by atoms with Crippen molar-refractivity contribution >= 4 is 11.9 Å². The minimum absolute atomic E-state index is 0.00358. The van der Waals surface area contributed by atoms with Crippen LogP contribution in [-0.2, 0) is 4.79 Å². The van der Waals surface area contributed by atoms with E-state index in [0.29, 0.717) is 18.1 Å². The lowest BCUT2D eigenvalue weighted by atomic mass is 10.1. The van der Waals surface area contributed by atoms with Crippen molar-refractivity contribution in [1.29, 1.82) is 0 Å². The molecule has 1 rings (SSSR count). The van der Waals surface area contributed by atoms with Gasteiger partial charge in [0.05, 0.1) is 13.7 Å². The molecule has 0 amide bonds. The van der Waals surface area contributed by atoms with Crippen LogP contribution < -0.4 is 9.47 Å². The molecule has 1 aromatic carbocycles. The highest BCUT2D eigenvalue weighted by Gasteiger charge is 2.07. The molecule has 0 fully saturated rings. The topological polar surface area (TPSA) is 35.5 Å². The number of hydrogen-bond donors (Lipinski definition) is 0. The lowest BCUT2D eigenvalue weighted by molar-refractivity contribution is -0.112. The highest BCUT2D eigenvalue weighted by Crippen LogP contribution is 2.31. The molecular weight excluding hydrogens is 204 g/mol. The van der Waals surface area contributed by atoms with Gasteiger partial charge in [0.1, 0.15) is 0 Å². The normalized spacial score (nSPS) is 10.4. The van der Waals surface area contributed by atoms with Gasteiger partial charge in [0.2, 0.25) is 0 Å². The molecule has 86 valence electrons. The zero-order chi connectivity index (χ0) is 12.0. The number of para-hydroxylation sites is 1. The summed E-state index contributed by atoms with van der Waals surface area (Å²) in [4.78, 5) is 10.9. The average molecular weight is 220 g/mol. The molecule has 0 aromatic heterocycles. The van der Waals surface area contributed by atoms with E-state index < -0.39 is 0 Å². The molecule has 0 N–H and O–H groups in total. The monoisotopic (exact) mass is 220 g/mol. The summed E-state index contributed by atoms with van der Waals surface area (Å²) in [6, 6.07) is 5.58. The van der Waals surface area contributed by atoms with Crippen molar-refractivity contribution in [3.8, 4) is 11.5 Å². The lowest BCUT2D eigenvalue weighted by Crippen LogP contribution is -1.96. The summed E-state index contributed by atoms with van der Waals surface area (Å²) in [5.74, 6) is 1.35. The molecule has 1 aromatic rings. The van der Waals surface area contributed by atoms with Crippen molar-refractivity contribution in [3.05, 3.63) is 29.8 Å². The standard InChI is InChI=1S/C13H16O3/c1-4-16-12-7-5-6-11(13(12)15-3)9-8-10(2)14/h5-9H,4H2,1-3H3. The first kappa shape index (κ1) is 12.3. The van der Waals surface area contributed by atoms with Crippen LogP contribution in [0.3, 0.4) is 0 Å². The van der Waals surface area contributed by atoms with Crippen molar-refractivity contribution in [2.75, 3.05) is 13.7 Å². The molecule has 0 aliphatic carbocycles. The second-order valence-corrected chi connectivity index (χ2v) is 3.26. The van der Waals surface area contributed by atoms with Crippen LogP contribution in [0.4, 0.5) is 0 Å². The van der Waals surface area contributed by atoms with E-state index >= 15 is 0 Å². The predicted octanol–water partition coefficient (Wildman–Crippen LogP) is 2.70. The van der Waals surface area contributed by atoms with Crippen LogP contribution >= 0.6 is 0 Å². The van der Waals surface area contributed by atoms with E-state index in [1.807, 2.05) is 25.1 Å². The van der Waals surface area contributed by atoms with Gasteiger partial charge < -0.3 is 9.47 Å². The zero-order valence-electron chi connectivity index (χ0n) is 9.82. The number of methoxy groups -OCH3 is 1. The first-order chi connectivity index (χ1) is 7.69. The third kappa shape index (κ3) is 3.12. The van der Waals surface area contributed by atoms with E-state index in [0.717, 1.165) is 5.56 Å². The van der Waals surface area contributed by atoms with Crippen LogP contribution in [0, 0.1) is 0 Å². The molecule has 16 heavy (non-hydrogen) atoms. The molecule has 3 nitrogen and oxygen atoms in total. The van der Waals surface area contributed by atoms with Gasteiger partial charge in [-0.3, -0.25) is 4.79 Å². The van der Waals surface area contributed by atoms with Crippen LogP contribution in [-0.4, -0.2) is 19.5 Å². The third-order valence-corrected chi connectivity index (χ3v) is 2.01. The smallest absolute Gasteiger partial charge is 0.167 e. The summed E-state index contributed by atoms with van der Waals surface area (Å²) in [5.41, 5.74) is 0.837. The molecule has 0 atom stereocenters. The van der Waals surface area contributed by atoms with Crippen molar-refractivity contribution in [1.82, 2.24) is 0 Å². The Morgan fingerprint density at radius 3 is 2.75 bits per heavy atom. The summed E-state index contributed by atoms with van der Waals surface area (Å²) in [6.07, 6.45) is 3.23. The number of benzene rings is 1. The van der Waals surface area contributed by atoms with Gasteiger partial charge >= 0.3 is 0 Å². The Balaban J connectivity index is 3.08. The van der Waals surface area contributed by atoms with Crippen LogP contribution in [0.5, 0.6) is 11.5 Å². The molecule has 0 saturated carbocycles. The Hall–Kier alpha value is -1.77. The van der Waals surface area contributed by atoms with Crippen molar-refractivity contribution < 1.29 is 14.3 Å². The van der Waals surface area contributed by atoms with Gasteiger partial charge in [0.15, 0.2) is 17.3 Å². The van der Waals surface area contributed by atoms with Crippen molar-refractivity contribution in [2.45, 2.75) is 13.8 Å². The van der Waals surface area contributed by atoms with E-state index in [2.05, 4.69) is 0 Å². The highest BCUT2D eigenvalue weighted by molar-refractivity contribution is 5.92. The minimum atomic E-state index is 0.00358. The summed E-state index contributed by atoms with van der Waals surface area (Å²) in [7, 11) is 1.59. The minimum Gasteiger partial charge on any atom is -0.492 e. The third-order valence-electron chi connectivity index (χ3n) is 2.01. The summed E-state index contributed by atoms with van der Waals surface area (Å²) < 4.78 is 10.7. The SMILES string of the molecule is CCOc1cccc(C=CC(C)=O)c1OC. The fourth-order valence-corrected chi connectivity index (χ4v) is 1.36. The van der Waals surface area contributed by atoms with Crippen LogP contribution in [0.2, 0.25) is 0 Å². The number of hydrogen-bond acceptors (Lipinski definition) is 3. The summed E-state index contributed by atoms with van der Waals surface area (Å²) in [6.45, 7) is 4.00. The second-order valence-electron chi connectivity index (χ2n) is 3.26. The quantitative estimate of drug-likeness (QED) is 0.716. The first-order valence-electron chi connectivity index (χ1n) is 5.17. The summed E-state index contributed by atoms with van der Waals surface area (Å²) >= 11 is 0. The number of carbonyl (C=O) groups is 1. The molecule has 0 unspecified atom stereocenters. The molecule has 0 spiro atoms. The highest BCUT2D eigenvalue weighted by atomic mass is 16.5.